The molecule has 4 heteroatoms. The number of hydrogen-bond donors (Lipinski definition) is 0. The van der Waals surface area contributed by atoms with Crippen LogP contribution in [0.1, 0.15) is 23.3 Å². The molecule has 3 rings (SSSR count). The summed E-state index contributed by atoms with van der Waals surface area (Å²) in [5.74, 6) is 1.08. The van der Waals surface area contributed by atoms with Crippen molar-refractivity contribution in [3.63, 3.8) is 0 Å². The number of benzene rings is 2. The van der Waals surface area contributed by atoms with Crippen LogP contribution in [0.4, 0.5) is 0 Å². The average Bonchev–Trinajstić information content (AvgIpc) is 2.98. The maximum absolute atomic E-state index is 6.09. The minimum atomic E-state index is 0.374. The average molecular weight is 334 g/mol. The molecule has 0 amide bonds. The smallest absolute Gasteiger partial charge is 0.0995 e. The zero-order valence-corrected chi connectivity index (χ0v) is 14.1. The van der Waals surface area contributed by atoms with E-state index >= 15 is 0 Å². The Morgan fingerprint density at radius 3 is 2.90 bits per heavy atom. The first-order chi connectivity index (χ1) is 10.3. The molecule has 0 saturated carbocycles. The van der Waals surface area contributed by atoms with E-state index in [4.69, 9.17) is 16.6 Å². The number of aliphatic imine (C=N–C) groups is 1. The van der Waals surface area contributed by atoms with Gasteiger partial charge in [0.2, 0.25) is 0 Å². The lowest BCUT2D eigenvalue weighted by Crippen LogP contribution is -1.96. The summed E-state index contributed by atoms with van der Waals surface area (Å²) >= 11 is 9.81. The van der Waals surface area contributed by atoms with Crippen LogP contribution in [0, 0.1) is 0 Å². The lowest BCUT2D eigenvalue weighted by molar-refractivity contribution is 0.966. The molecule has 0 N–H and O–H groups in total. The van der Waals surface area contributed by atoms with E-state index in [0.29, 0.717) is 5.25 Å². The Balaban J connectivity index is 1.81. The van der Waals surface area contributed by atoms with Gasteiger partial charge in [0.15, 0.2) is 0 Å². The molecule has 1 aliphatic rings. The Morgan fingerprint density at radius 1 is 1.24 bits per heavy atom. The zero-order chi connectivity index (χ0) is 14.7. The Kier molecular flexibility index (Phi) is 4.94. The Hall–Kier alpha value is -0.900. The van der Waals surface area contributed by atoms with Crippen molar-refractivity contribution in [3.05, 3.63) is 64.7 Å². The van der Waals surface area contributed by atoms with Crippen LogP contribution in [-0.4, -0.2) is 17.3 Å². The third-order valence-electron chi connectivity index (χ3n) is 3.29. The highest BCUT2D eigenvalue weighted by Crippen LogP contribution is 2.40. The predicted molar refractivity (Wildman–Crippen MR) is 96.0 cm³/mol. The molecule has 2 aromatic carbocycles. The molecule has 0 spiro atoms. The van der Waals surface area contributed by atoms with Crippen LogP contribution >= 0.6 is 35.1 Å². The van der Waals surface area contributed by atoms with Crippen LogP contribution in [0.2, 0.25) is 5.02 Å². The molecule has 1 aliphatic heterocycles. The summed E-state index contributed by atoms with van der Waals surface area (Å²) < 4.78 is 0. The van der Waals surface area contributed by atoms with E-state index in [2.05, 4.69) is 37.3 Å². The van der Waals surface area contributed by atoms with Crippen molar-refractivity contribution in [1.82, 2.24) is 0 Å². The van der Waals surface area contributed by atoms with Gasteiger partial charge in [-0.1, -0.05) is 60.6 Å². The minimum Gasteiger partial charge on any atom is -0.276 e. The molecule has 108 valence electrons. The van der Waals surface area contributed by atoms with Crippen molar-refractivity contribution in [2.45, 2.75) is 17.1 Å². The first-order valence-corrected chi connectivity index (χ1v) is 9.21. The minimum absolute atomic E-state index is 0.374. The first kappa shape index (κ1) is 15.0. The first-order valence-electron chi connectivity index (χ1n) is 6.96. The quantitative estimate of drug-likeness (QED) is 0.667. The maximum atomic E-state index is 6.09. The molecule has 0 aliphatic carbocycles. The summed E-state index contributed by atoms with van der Waals surface area (Å²) in [6.45, 7) is 3.01. The summed E-state index contributed by atoms with van der Waals surface area (Å²) in [6.07, 6.45) is 0. The summed E-state index contributed by atoms with van der Waals surface area (Å²) in [4.78, 5) is 6.08. The van der Waals surface area contributed by atoms with Crippen LogP contribution in [0.5, 0.6) is 0 Å². The molecule has 0 aromatic heterocycles. The fourth-order valence-electron chi connectivity index (χ4n) is 2.33. The van der Waals surface area contributed by atoms with Gasteiger partial charge in [0.05, 0.1) is 16.8 Å². The monoisotopic (exact) mass is 333 g/mol. The van der Waals surface area contributed by atoms with Gasteiger partial charge in [0.1, 0.15) is 0 Å². The maximum Gasteiger partial charge on any atom is 0.0995 e. The van der Waals surface area contributed by atoms with Gasteiger partial charge in [-0.05, 0) is 29.5 Å². The number of nitrogens with zero attached hydrogens (tertiary/aromatic N) is 1. The molecule has 0 bridgehead atoms. The summed E-state index contributed by atoms with van der Waals surface area (Å²) in [7, 11) is 0. The second kappa shape index (κ2) is 6.91. The third-order valence-corrected chi connectivity index (χ3v) is 5.76. The van der Waals surface area contributed by atoms with Crippen LogP contribution in [0.15, 0.2) is 58.4 Å². The molecule has 1 atom stereocenters. The molecule has 21 heavy (non-hydrogen) atoms. The van der Waals surface area contributed by atoms with Crippen molar-refractivity contribution in [2.75, 3.05) is 12.3 Å². The van der Waals surface area contributed by atoms with E-state index in [-0.39, 0.29) is 0 Å². The fourth-order valence-corrected chi connectivity index (χ4v) is 4.55. The van der Waals surface area contributed by atoms with E-state index < -0.39 is 0 Å². The van der Waals surface area contributed by atoms with Gasteiger partial charge in [0, 0.05) is 15.5 Å². The molecule has 2 aromatic rings. The summed E-state index contributed by atoms with van der Waals surface area (Å²) in [5, 5.41) is 2.32. The van der Waals surface area contributed by atoms with E-state index in [0.717, 1.165) is 22.4 Å². The van der Waals surface area contributed by atoms with Crippen LogP contribution in [-0.2, 0) is 0 Å². The van der Waals surface area contributed by atoms with E-state index in [1.807, 2.05) is 41.7 Å². The van der Waals surface area contributed by atoms with Gasteiger partial charge in [0.25, 0.3) is 0 Å². The molecule has 0 saturated heterocycles. The standard InChI is InChI=1S/C17H16ClNS2/c1-2-20-15-9-4-3-8-14(15)17-19-11-16(21-17)12-6-5-7-13(18)10-12/h3-10,16H,2,11H2,1H3. The van der Waals surface area contributed by atoms with Crippen molar-refractivity contribution >= 4 is 40.2 Å². The SMILES string of the molecule is CCSc1ccccc1C1=NCC(c2cccc(Cl)c2)S1. The third kappa shape index (κ3) is 3.47. The molecule has 1 heterocycles. The van der Waals surface area contributed by atoms with Crippen molar-refractivity contribution in [3.8, 4) is 0 Å². The predicted octanol–water partition coefficient (Wildman–Crippen LogP) is 5.69. The van der Waals surface area contributed by atoms with Crippen LogP contribution in [0.25, 0.3) is 0 Å². The molecule has 1 nitrogen and oxygen atoms in total. The van der Waals surface area contributed by atoms with E-state index in [1.165, 1.54) is 16.0 Å². The Bertz CT molecular complexity index is 669. The normalized spacial score (nSPS) is 17.8. The highest BCUT2D eigenvalue weighted by Gasteiger charge is 2.23. The number of hydrogen-bond acceptors (Lipinski definition) is 3. The molecular weight excluding hydrogens is 318 g/mol. The van der Waals surface area contributed by atoms with Gasteiger partial charge in [-0.2, -0.15) is 0 Å². The van der Waals surface area contributed by atoms with E-state index in [9.17, 15) is 0 Å². The molecule has 0 fully saturated rings. The second-order valence-corrected chi connectivity index (χ2v) is 7.67. The van der Waals surface area contributed by atoms with Gasteiger partial charge in [-0.25, -0.2) is 0 Å². The van der Waals surface area contributed by atoms with Crippen molar-refractivity contribution in [1.29, 1.82) is 0 Å². The summed E-state index contributed by atoms with van der Waals surface area (Å²) in [6, 6.07) is 16.6. The lowest BCUT2D eigenvalue weighted by atomic mass is 10.1. The van der Waals surface area contributed by atoms with Crippen LogP contribution < -0.4 is 0 Å². The van der Waals surface area contributed by atoms with E-state index in [1.54, 1.807) is 0 Å². The molecule has 0 radical (unpaired) electrons. The number of rotatable bonds is 4. The zero-order valence-electron chi connectivity index (χ0n) is 11.8. The second-order valence-electron chi connectivity index (χ2n) is 4.74. The Labute approximate surface area is 139 Å². The fraction of sp³-hybridized carbons (Fsp3) is 0.235. The van der Waals surface area contributed by atoms with Crippen LogP contribution in [0.3, 0.4) is 0 Å². The van der Waals surface area contributed by atoms with Gasteiger partial charge in [-0.3, -0.25) is 4.99 Å². The summed E-state index contributed by atoms with van der Waals surface area (Å²) in [5.41, 5.74) is 2.52. The molecule has 1 unspecified atom stereocenters. The topological polar surface area (TPSA) is 12.4 Å². The Morgan fingerprint density at radius 2 is 2.10 bits per heavy atom. The molecular formula is C17H16ClNS2. The van der Waals surface area contributed by atoms with Crippen molar-refractivity contribution < 1.29 is 0 Å². The highest BCUT2D eigenvalue weighted by molar-refractivity contribution is 8.15. The van der Waals surface area contributed by atoms with Crippen molar-refractivity contribution in [2.24, 2.45) is 4.99 Å². The lowest BCUT2D eigenvalue weighted by Gasteiger charge is -2.11. The van der Waals surface area contributed by atoms with Gasteiger partial charge in [-0.15, -0.1) is 11.8 Å². The highest BCUT2D eigenvalue weighted by atomic mass is 35.5. The van der Waals surface area contributed by atoms with Gasteiger partial charge < -0.3 is 0 Å². The number of halogens is 1. The van der Waals surface area contributed by atoms with Gasteiger partial charge >= 0.3 is 0 Å². The largest absolute Gasteiger partial charge is 0.276 e. The number of thioether (sulfide) groups is 2.